The smallest absolute Gasteiger partial charge is 0.407 e. The lowest BCUT2D eigenvalue weighted by Crippen LogP contribution is -2.49. The molecule has 0 radical (unpaired) electrons. The third-order valence-corrected chi connectivity index (χ3v) is 7.57. The summed E-state index contributed by atoms with van der Waals surface area (Å²) in [6.45, 7) is 2.36. The monoisotopic (exact) mass is 641 g/mol. The van der Waals surface area contributed by atoms with Gasteiger partial charge in [-0.1, -0.05) is 119 Å². The second kappa shape index (κ2) is 16.3. The first kappa shape index (κ1) is 31.5. The van der Waals surface area contributed by atoms with E-state index in [1.165, 1.54) is 0 Å². The molecule has 3 N–H and O–H groups in total. The van der Waals surface area contributed by atoms with Crippen LogP contribution in [0, 0.1) is 0 Å². The van der Waals surface area contributed by atoms with Crippen LogP contribution < -0.4 is 16.0 Å². The Hall–Kier alpha value is -4.43. The first-order chi connectivity index (χ1) is 20.9. The lowest BCUT2D eigenvalue weighted by Gasteiger charge is -2.25. The molecule has 0 unspecified atom stereocenters. The van der Waals surface area contributed by atoms with Gasteiger partial charge in [0.2, 0.25) is 11.8 Å². The zero-order valence-corrected chi connectivity index (χ0v) is 25.6. The zero-order valence-electron chi connectivity index (χ0n) is 24.0. The van der Waals surface area contributed by atoms with Gasteiger partial charge in [0, 0.05) is 11.0 Å². The number of nitrogens with one attached hydrogen (secondary N) is 3. The van der Waals surface area contributed by atoms with E-state index >= 15 is 0 Å². The molecule has 4 aromatic carbocycles. The van der Waals surface area contributed by atoms with E-state index in [1.54, 1.807) is 0 Å². The Kier molecular flexibility index (Phi) is 11.9. The van der Waals surface area contributed by atoms with Gasteiger partial charge in [0.1, 0.15) is 12.6 Å². The number of amides is 3. The first-order valence-corrected chi connectivity index (χ1v) is 15.1. The average Bonchev–Trinajstić information content (AvgIpc) is 3.03. The number of benzene rings is 4. The Morgan fingerprint density at radius 2 is 1.26 bits per heavy atom. The van der Waals surface area contributed by atoms with Crippen molar-refractivity contribution >= 4 is 33.8 Å². The van der Waals surface area contributed by atoms with Crippen LogP contribution in [0.15, 0.2) is 120 Å². The van der Waals surface area contributed by atoms with Crippen molar-refractivity contribution in [3.63, 3.8) is 0 Å². The lowest BCUT2D eigenvalue weighted by atomic mass is 9.90. The molecule has 0 bridgehead atoms. The summed E-state index contributed by atoms with van der Waals surface area (Å²) in [7, 11) is 0. The fourth-order valence-corrected chi connectivity index (χ4v) is 4.99. The van der Waals surface area contributed by atoms with Gasteiger partial charge < -0.3 is 20.7 Å². The van der Waals surface area contributed by atoms with Gasteiger partial charge in [0.05, 0.1) is 12.0 Å². The number of hydrogen-bond acceptors (Lipinski definition) is 4. The molecule has 4 rings (SSSR count). The molecule has 3 amide bonds. The predicted octanol–water partition coefficient (Wildman–Crippen LogP) is 6.65. The maximum atomic E-state index is 13.8. The average molecular weight is 643 g/mol. The molecule has 0 spiro atoms. The normalized spacial score (nSPS) is 12.2. The van der Waals surface area contributed by atoms with Crippen molar-refractivity contribution < 1.29 is 19.1 Å². The van der Waals surface area contributed by atoms with Gasteiger partial charge >= 0.3 is 6.09 Å². The van der Waals surface area contributed by atoms with Gasteiger partial charge in [-0.3, -0.25) is 9.59 Å². The second-order valence-corrected chi connectivity index (χ2v) is 11.1. The molecule has 2 atom stereocenters. The molecule has 222 valence electrons. The summed E-state index contributed by atoms with van der Waals surface area (Å²) in [5, 5.41) is 8.80. The van der Waals surface area contributed by atoms with E-state index in [1.807, 2.05) is 122 Å². The standard InChI is InChI=1S/C35H36BrN3O4/c1-25(27-19-21-30(36)22-20-27)38-33(40)31(18-11-23-37-35(42)43-24-26-12-5-2-6-13-26)39-34(41)32(28-14-7-3-8-15-28)29-16-9-4-10-17-29/h2-10,12-17,19-22,25,31-32H,11,18,23-24H2,1H3,(H,37,42)(H,38,40)(H,39,41)/t25-,31-/m1/s1. The van der Waals surface area contributed by atoms with Crippen molar-refractivity contribution in [1.29, 1.82) is 0 Å². The summed E-state index contributed by atoms with van der Waals surface area (Å²) in [5.41, 5.74) is 3.49. The van der Waals surface area contributed by atoms with Gasteiger partial charge in [-0.2, -0.15) is 0 Å². The Labute approximate surface area is 261 Å². The second-order valence-electron chi connectivity index (χ2n) is 10.2. The molecule has 0 aliphatic rings. The highest BCUT2D eigenvalue weighted by molar-refractivity contribution is 9.10. The molecule has 0 fully saturated rings. The van der Waals surface area contributed by atoms with Gasteiger partial charge in [-0.05, 0) is 54.2 Å². The molecule has 0 aliphatic carbocycles. The molecule has 0 aromatic heterocycles. The molecule has 4 aromatic rings. The minimum atomic E-state index is -0.817. The van der Waals surface area contributed by atoms with Gasteiger partial charge in [0.15, 0.2) is 0 Å². The Balaban J connectivity index is 1.43. The van der Waals surface area contributed by atoms with E-state index in [2.05, 4.69) is 31.9 Å². The molecule has 0 saturated heterocycles. The van der Waals surface area contributed by atoms with E-state index in [4.69, 9.17) is 4.74 Å². The van der Waals surface area contributed by atoms with Crippen molar-refractivity contribution in [2.45, 2.75) is 44.4 Å². The number of halogens is 1. The number of ether oxygens (including phenoxy) is 1. The maximum Gasteiger partial charge on any atom is 0.407 e. The largest absolute Gasteiger partial charge is 0.445 e. The van der Waals surface area contributed by atoms with E-state index in [0.717, 1.165) is 26.7 Å². The van der Waals surface area contributed by atoms with Crippen LogP contribution in [0.4, 0.5) is 4.79 Å². The third-order valence-electron chi connectivity index (χ3n) is 7.04. The van der Waals surface area contributed by atoms with E-state index in [0.29, 0.717) is 12.8 Å². The minimum Gasteiger partial charge on any atom is -0.445 e. The number of alkyl carbamates (subject to hydrolysis) is 1. The highest BCUT2D eigenvalue weighted by Gasteiger charge is 2.28. The van der Waals surface area contributed by atoms with Crippen molar-refractivity contribution in [2.75, 3.05) is 6.54 Å². The minimum absolute atomic E-state index is 0.169. The summed E-state index contributed by atoms with van der Waals surface area (Å²) in [5.74, 6) is -1.16. The summed E-state index contributed by atoms with van der Waals surface area (Å²) < 4.78 is 6.23. The van der Waals surface area contributed by atoms with Crippen molar-refractivity contribution in [2.24, 2.45) is 0 Å². The van der Waals surface area contributed by atoms with Gasteiger partial charge in [0.25, 0.3) is 0 Å². The first-order valence-electron chi connectivity index (χ1n) is 14.3. The van der Waals surface area contributed by atoms with E-state index < -0.39 is 18.1 Å². The molecule has 8 heteroatoms. The number of hydrogen-bond donors (Lipinski definition) is 3. The molecule has 43 heavy (non-hydrogen) atoms. The van der Waals surface area contributed by atoms with Crippen LogP contribution in [-0.2, 0) is 20.9 Å². The Bertz CT molecular complexity index is 1410. The zero-order chi connectivity index (χ0) is 30.4. The number of rotatable bonds is 13. The Morgan fingerprint density at radius 3 is 1.84 bits per heavy atom. The van der Waals surface area contributed by atoms with Gasteiger partial charge in [-0.15, -0.1) is 0 Å². The molecular weight excluding hydrogens is 606 g/mol. The SMILES string of the molecule is C[C@@H](NC(=O)[C@@H](CCCNC(=O)OCc1ccccc1)NC(=O)C(c1ccccc1)c1ccccc1)c1ccc(Br)cc1. The van der Waals surface area contributed by atoms with Crippen LogP contribution >= 0.6 is 15.9 Å². The highest BCUT2D eigenvalue weighted by Crippen LogP contribution is 2.25. The van der Waals surface area contributed by atoms with Gasteiger partial charge in [-0.25, -0.2) is 4.79 Å². The van der Waals surface area contributed by atoms with Crippen LogP contribution in [0.5, 0.6) is 0 Å². The summed E-state index contributed by atoms with van der Waals surface area (Å²) in [6.07, 6.45) is 0.234. The summed E-state index contributed by atoms with van der Waals surface area (Å²) in [6, 6.07) is 35.1. The van der Waals surface area contributed by atoms with E-state index in [9.17, 15) is 14.4 Å². The topological polar surface area (TPSA) is 96.5 Å². The van der Waals surface area contributed by atoms with Crippen LogP contribution in [-0.4, -0.2) is 30.5 Å². The van der Waals surface area contributed by atoms with Crippen LogP contribution in [0.25, 0.3) is 0 Å². The highest BCUT2D eigenvalue weighted by atomic mass is 79.9. The third kappa shape index (κ3) is 9.82. The molecule has 0 aliphatic heterocycles. The fourth-order valence-electron chi connectivity index (χ4n) is 4.73. The maximum absolute atomic E-state index is 13.8. The number of carbonyl (C=O) groups excluding carboxylic acids is 3. The predicted molar refractivity (Wildman–Crippen MR) is 171 cm³/mol. The molecule has 0 saturated carbocycles. The fraction of sp³-hybridized carbons (Fsp3) is 0.229. The quantitative estimate of drug-likeness (QED) is 0.142. The summed E-state index contributed by atoms with van der Waals surface area (Å²) >= 11 is 3.44. The van der Waals surface area contributed by atoms with Crippen LogP contribution in [0.3, 0.4) is 0 Å². The summed E-state index contributed by atoms with van der Waals surface area (Å²) in [4.78, 5) is 39.6. The van der Waals surface area contributed by atoms with Crippen molar-refractivity contribution in [3.8, 4) is 0 Å². The Morgan fingerprint density at radius 1 is 0.698 bits per heavy atom. The van der Waals surface area contributed by atoms with Crippen LogP contribution in [0.1, 0.15) is 54.0 Å². The van der Waals surface area contributed by atoms with E-state index in [-0.39, 0.29) is 31.0 Å². The van der Waals surface area contributed by atoms with Crippen molar-refractivity contribution in [1.82, 2.24) is 16.0 Å². The molecule has 7 nitrogen and oxygen atoms in total. The van der Waals surface area contributed by atoms with Crippen LogP contribution in [0.2, 0.25) is 0 Å². The lowest BCUT2D eigenvalue weighted by molar-refractivity contribution is -0.129. The number of carbonyl (C=O) groups is 3. The molecule has 0 heterocycles. The van der Waals surface area contributed by atoms with Crippen molar-refractivity contribution in [3.05, 3.63) is 142 Å². The molecular formula is C35H36BrN3O4.